The van der Waals surface area contributed by atoms with E-state index in [1.165, 1.54) is 11.8 Å². The number of hydrogen-bond donors (Lipinski definition) is 1. The molecule has 3 rings (SSSR count). The first kappa shape index (κ1) is 17.4. The molecule has 7 nitrogen and oxygen atoms in total. The van der Waals surface area contributed by atoms with E-state index in [2.05, 4.69) is 16.0 Å². The van der Waals surface area contributed by atoms with Crippen LogP contribution in [0.5, 0.6) is 0 Å². The van der Waals surface area contributed by atoms with E-state index in [1.807, 2.05) is 18.7 Å². The van der Waals surface area contributed by atoms with Crippen molar-refractivity contribution in [2.75, 3.05) is 26.2 Å². The quantitative estimate of drug-likeness (QED) is 0.835. The molecule has 0 aliphatic carbocycles. The second-order valence-corrected chi connectivity index (χ2v) is 7.32. The third-order valence-corrected chi connectivity index (χ3v) is 5.13. The zero-order chi connectivity index (χ0) is 18.0. The molecule has 1 spiro atoms. The molecule has 1 aromatic rings. The molecule has 0 saturated carbocycles. The molecule has 2 aliphatic heterocycles. The molecule has 3 heterocycles. The van der Waals surface area contributed by atoms with Gasteiger partial charge in [0, 0.05) is 44.2 Å². The van der Waals surface area contributed by atoms with Gasteiger partial charge >= 0.3 is 0 Å². The van der Waals surface area contributed by atoms with E-state index in [0.717, 1.165) is 25.6 Å². The van der Waals surface area contributed by atoms with Gasteiger partial charge in [0.25, 0.3) is 11.5 Å². The fourth-order valence-electron chi connectivity index (χ4n) is 3.58. The van der Waals surface area contributed by atoms with Crippen LogP contribution in [0, 0.1) is 5.41 Å². The van der Waals surface area contributed by atoms with Gasteiger partial charge in [-0.25, -0.2) is 4.98 Å². The van der Waals surface area contributed by atoms with Crippen molar-refractivity contribution in [3.8, 4) is 0 Å². The van der Waals surface area contributed by atoms with Crippen LogP contribution in [0.25, 0.3) is 0 Å². The van der Waals surface area contributed by atoms with Gasteiger partial charge in [0.15, 0.2) is 0 Å². The number of piperidine rings is 1. The van der Waals surface area contributed by atoms with E-state index < -0.39 is 0 Å². The highest BCUT2D eigenvalue weighted by Crippen LogP contribution is 2.41. The van der Waals surface area contributed by atoms with Crippen LogP contribution >= 0.6 is 0 Å². The van der Waals surface area contributed by atoms with Crippen LogP contribution in [0.2, 0.25) is 0 Å². The first-order chi connectivity index (χ1) is 11.9. The molecular formula is C18H24N4O3. The van der Waals surface area contributed by atoms with Gasteiger partial charge in [-0.2, -0.15) is 0 Å². The molecule has 1 aromatic heterocycles. The van der Waals surface area contributed by atoms with Crippen molar-refractivity contribution in [3.05, 3.63) is 40.1 Å². The number of H-pyrrole nitrogens is 1. The molecule has 2 saturated heterocycles. The largest absolute Gasteiger partial charge is 0.338 e. The zero-order valence-electron chi connectivity index (χ0n) is 14.7. The van der Waals surface area contributed by atoms with E-state index in [4.69, 9.17) is 0 Å². The van der Waals surface area contributed by atoms with Crippen molar-refractivity contribution in [1.82, 2.24) is 19.8 Å². The number of amides is 2. The predicted octanol–water partition coefficient (Wildman–Crippen LogP) is 1.19. The summed E-state index contributed by atoms with van der Waals surface area (Å²) in [6, 6.07) is 0. The average Bonchev–Trinajstić information content (AvgIpc) is 2.89. The van der Waals surface area contributed by atoms with E-state index in [1.54, 1.807) is 4.90 Å². The van der Waals surface area contributed by atoms with Gasteiger partial charge in [-0.05, 0) is 26.7 Å². The third-order valence-electron chi connectivity index (χ3n) is 5.13. The number of carbonyl (C=O) groups is 2. The highest BCUT2D eigenvalue weighted by molar-refractivity contribution is 5.92. The standard InChI is InChI=1S/C18H24N4O3/c1-13(2)3-6-22-12-18(9-16(22)24)4-7-21(8-5-18)17(25)14-10-20-15(23)11-19-14/h3,10-11H,4-9,12H2,1-2H3,(H,20,23). The van der Waals surface area contributed by atoms with Crippen molar-refractivity contribution in [2.45, 2.75) is 33.1 Å². The van der Waals surface area contributed by atoms with Gasteiger partial charge in [-0.15, -0.1) is 0 Å². The molecule has 134 valence electrons. The molecule has 0 atom stereocenters. The summed E-state index contributed by atoms with van der Waals surface area (Å²) in [5.41, 5.74) is 1.13. The van der Waals surface area contributed by atoms with Gasteiger partial charge in [-0.1, -0.05) is 11.6 Å². The lowest BCUT2D eigenvalue weighted by Gasteiger charge is -2.38. The summed E-state index contributed by atoms with van der Waals surface area (Å²) < 4.78 is 0. The smallest absolute Gasteiger partial charge is 0.273 e. The third kappa shape index (κ3) is 3.81. The van der Waals surface area contributed by atoms with Crippen LogP contribution in [0.3, 0.4) is 0 Å². The SMILES string of the molecule is CC(C)=CCN1CC2(CCN(C(=O)c3c[nH]c(=O)cn3)CC2)CC1=O. The van der Waals surface area contributed by atoms with Crippen LogP contribution in [0.4, 0.5) is 0 Å². The molecule has 1 N–H and O–H groups in total. The summed E-state index contributed by atoms with van der Waals surface area (Å²) in [4.78, 5) is 45.9. The van der Waals surface area contributed by atoms with E-state index in [0.29, 0.717) is 26.1 Å². The number of aromatic nitrogens is 2. The monoisotopic (exact) mass is 344 g/mol. The fraction of sp³-hybridized carbons (Fsp3) is 0.556. The van der Waals surface area contributed by atoms with Crippen LogP contribution in [0.15, 0.2) is 28.8 Å². The second-order valence-electron chi connectivity index (χ2n) is 7.32. The molecule has 2 aliphatic rings. The number of allylic oxidation sites excluding steroid dienone is 1. The summed E-state index contributed by atoms with van der Waals surface area (Å²) in [6.45, 7) is 6.74. The summed E-state index contributed by atoms with van der Waals surface area (Å²) in [6.07, 6.45) is 6.77. The molecule has 0 aromatic carbocycles. The normalized spacial score (nSPS) is 19.4. The Morgan fingerprint density at radius 2 is 2.04 bits per heavy atom. The van der Waals surface area contributed by atoms with Crippen molar-refractivity contribution in [1.29, 1.82) is 0 Å². The molecule has 2 amide bonds. The Bertz CT molecular complexity index is 735. The predicted molar refractivity (Wildman–Crippen MR) is 93.1 cm³/mol. The van der Waals surface area contributed by atoms with Gasteiger partial charge in [0.05, 0.1) is 6.20 Å². The Hall–Kier alpha value is -2.44. The minimum atomic E-state index is -0.324. The zero-order valence-corrected chi connectivity index (χ0v) is 14.7. The van der Waals surface area contributed by atoms with E-state index in [9.17, 15) is 14.4 Å². The number of aromatic amines is 1. The summed E-state index contributed by atoms with van der Waals surface area (Å²) in [5, 5.41) is 0. The van der Waals surface area contributed by atoms with E-state index in [-0.39, 0.29) is 28.5 Å². The van der Waals surface area contributed by atoms with Gasteiger partial charge < -0.3 is 14.8 Å². The van der Waals surface area contributed by atoms with Gasteiger partial charge in [0.1, 0.15) is 5.69 Å². The van der Waals surface area contributed by atoms with Crippen LogP contribution in [-0.2, 0) is 4.79 Å². The lowest BCUT2D eigenvalue weighted by Crippen LogP contribution is -2.44. The number of hydrogen-bond acceptors (Lipinski definition) is 4. The Balaban J connectivity index is 1.61. The maximum absolute atomic E-state index is 12.5. The average molecular weight is 344 g/mol. The first-order valence-corrected chi connectivity index (χ1v) is 8.64. The maximum Gasteiger partial charge on any atom is 0.273 e. The number of nitrogens with one attached hydrogen (secondary N) is 1. The lowest BCUT2D eigenvalue weighted by atomic mass is 9.77. The maximum atomic E-state index is 12.5. The molecule has 0 radical (unpaired) electrons. The summed E-state index contributed by atoms with van der Waals surface area (Å²) in [5.74, 6) is 0.0383. The van der Waals surface area contributed by atoms with Gasteiger partial charge in [0.2, 0.25) is 5.91 Å². The number of nitrogens with zero attached hydrogens (tertiary/aromatic N) is 3. The summed E-state index contributed by atoms with van der Waals surface area (Å²) >= 11 is 0. The molecule has 2 fully saturated rings. The highest BCUT2D eigenvalue weighted by atomic mass is 16.2. The van der Waals surface area contributed by atoms with Crippen LogP contribution in [-0.4, -0.2) is 57.8 Å². The molecule has 0 unspecified atom stereocenters. The Kier molecular flexibility index (Phi) is 4.74. The highest BCUT2D eigenvalue weighted by Gasteiger charge is 2.45. The topological polar surface area (TPSA) is 86.4 Å². The molecule has 7 heteroatoms. The number of rotatable bonds is 3. The van der Waals surface area contributed by atoms with Crippen molar-refractivity contribution in [2.24, 2.45) is 5.41 Å². The van der Waals surface area contributed by atoms with Crippen LogP contribution in [0.1, 0.15) is 43.6 Å². The Morgan fingerprint density at radius 3 is 2.64 bits per heavy atom. The lowest BCUT2D eigenvalue weighted by molar-refractivity contribution is -0.127. The molecule has 25 heavy (non-hydrogen) atoms. The van der Waals surface area contributed by atoms with Crippen molar-refractivity contribution >= 4 is 11.8 Å². The van der Waals surface area contributed by atoms with Crippen LogP contribution < -0.4 is 5.56 Å². The second kappa shape index (κ2) is 6.82. The minimum Gasteiger partial charge on any atom is -0.338 e. The van der Waals surface area contributed by atoms with E-state index >= 15 is 0 Å². The Labute approximate surface area is 146 Å². The first-order valence-electron chi connectivity index (χ1n) is 8.64. The number of likely N-dealkylation sites (tertiary alicyclic amines) is 2. The molecule has 0 bridgehead atoms. The van der Waals surface area contributed by atoms with Crippen molar-refractivity contribution in [3.63, 3.8) is 0 Å². The fourth-order valence-corrected chi connectivity index (χ4v) is 3.58. The Morgan fingerprint density at radius 1 is 1.32 bits per heavy atom. The summed E-state index contributed by atoms with van der Waals surface area (Å²) in [7, 11) is 0. The number of carbonyl (C=O) groups excluding carboxylic acids is 2. The van der Waals surface area contributed by atoms with Gasteiger partial charge in [-0.3, -0.25) is 14.4 Å². The molecular weight excluding hydrogens is 320 g/mol. The minimum absolute atomic E-state index is 0.0121. The van der Waals surface area contributed by atoms with Crippen molar-refractivity contribution < 1.29 is 9.59 Å².